The minimum absolute atomic E-state index is 0.0138. The SMILES string of the molecule is CC(C)(C)CNC(=O)c1ccc2c(c1)NCCN2. The number of anilines is 2. The molecule has 0 spiro atoms. The largest absolute Gasteiger partial charge is 0.382 e. The Morgan fingerprint density at radius 2 is 1.89 bits per heavy atom. The molecule has 18 heavy (non-hydrogen) atoms. The average molecular weight is 247 g/mol. The topological polar surface area (TPSA) is 53.2 Å². The van der Waals surface area contributed by atoms with Crippen molar-refractivity contribution in [1.29, 1.82) is 0 Å². The van der Waals surface area contributed by atoms with Gasteiger partial charge in [0.1, 0.15) is 0 Å². The Balaban J connectivity index is 2.07. The van der Waals surface area contributed by atoms with Crippen molar-refractivity contribution in [3.63, 3.8) is 0 Å². The summed E-state index contributed by atoms with van der Waals surface area (Å²) in [4.78, 5) is 12.0. The molecule has 0 aromatic heterocycles. The molecule has 98 valence electrons. The molecule has 0 atom stereocenters. The van der Waals surface area contributed by atoms with Gasteiger partial charge in [-0.3, -0.25) is 4.79 Å². The Labute approximate surface area is 108 Å². The van der Waals surface area contributed by atoms with Gasteiger partial charge >= 0.3 is 0 Å². The van der Waals surface area contributed by atoms with Gasteiger partial charge in [-0.1, -0.05) is 20.8 Å². The summed E-state index contributed by atoms with van der Waals surface area (Å²) in [5.41, 5.74) is 2.87. The van der Waals surface area contributed by atoms with Crippen molar-refractivity contribution in [3.05, 3.63) is 23.8 Å². The molecule has 0 radical (unpaired) electrons. The van der Waals surface area contributed by atoms with E-state index in [1.807, 2.05) is 18.2 Å². The van der Waals surface area contributed by atoms with E-state index in [0.717, 1.165) is 24.5 Å². The van der Waals surface area contributed by atoms with Gasteiger partial charge in [0.05, 0.1) is 11.4 Å². The second-order valence-electron chi connectivity index (χ2n) is 5.86. The molecule has 0 saturated carbocycles. The van der Waals surface area contributed by atoms with E-state index >= 15 is 0 Å². The van der Waals surface area contributed by atoms with Gasteiger partial charge in [-0.15, -0.1) is 0 Å². The number of nitrogens with one attached hydrogen (secondary N) is 3. The fraction of sp³-hybridized carbons (Fsp3) is 0.500. The van der Waals surface area contributed by atoms with Crippen molar-refractivity contribution < 1.29 is 4.79 Å². The maximum atomic E-state index is 12.0. The van der Waals surface area contributed by atoms with Crippen LogP contribution in [0.25, 0.3) is 0 Å². The molecule has 4 nitrogen and oxygen atoms in total. The molecule has 1 aromatic rings. The van der Waals surface area contributed by atoms with Crippen molar-refractivity contribution in [2.75, 3.05) is 30.3 Å². The maximum Gasteiger partial charge on any atom is 0.251 e. The van der Waals surface area contributed by atoms with Crippen LogP contribution in [0, 0.1) is 5.41 Å². The van der Waals surface area contributed by atoms with Crippen LogP contribution >= 0.6 is 0 Å². The Hall–Kier alpha value is -1.71. The predicted molar refractivity (Wildman–Crippen MR) is 75.2 cm³/mol. The molecule has 0 fully saturated rings. The smallest absolute Gasteiger partial charge is 0.251 e. The zero-order valence-corrected chi connectivity index (χ0v) is 11.3. The number of hydrogen-bond donors (Lipinski definition) is 3. The highest BCUT2D eigenvalue weighted by Gasteiger charge is 2.15. The van der Waals surface area contributed by atoms with E-state index in [9.17, 15) is 4.79 Å². The summed E-state index contributed by atoms with van der Waals surface area (Å²) >= 11 is 0. The van der Waals surface area contributed by atoms with Gasteiger partial charge in [0.25, 0.3) is 5.91 Å². The van der Waals surface area contributed by atoms with Crippen LogP contribution in [0.4, 0.5) is 11.4 Å². The minimum Gasteiger partial charge on any atom is -0.382 e. The molecule has 0 saturated heterocycles. The molecule has 4 heteroatoms. The lowest BCUT2D eigenvalue weighted by atomic mass is 9.97. The fourth-order valence-electron chi connectivity index (χ4n) is 1.83. The summed E-state index contributed by atoms with van der Waals surface area (Å²) in [6.07, 6.45) is 0. The van der Waals surface area contributed by atoms with Crippen LogP contribution in [0.15, 0.2) is 18.2 Å². The Morgan fingerprint density at radius 3 is 2.56 bits per heavy atom. The second kappa shape index (κ2) is 4.88. The molecular weight excluding hydrogens is 226 g/mol. The molecule has 0 bridgehead atoms. The first-order valence-corrected chi connectivity index (χ1v) is 6.36. The lowest BCUT2D eigenvalue weighted by Crippen LogP contribution is -2.32. The second-order valence-corrected chi connectivity index (χ2v) is 5.86. The molecule has 1 aliphatic rings. The van der Waals surface area contributed by atoms with Gasteiger partial charge in [0.2, 0.25) is 0 Å². The van der Waals surface area contributed by atoms with Gasteiger partial charge in [0.15, 0.2) is 0 Å². The number of rotatable bonds is 2. The molecule has 1 amide bonds. The van der Waals surface area contributed by atoms with Crippen molar-refractivity contribution in [1.82, 2.24) is 5.32 Å². The van der Waals surface area contributed by atoms with Gasteiger partial charge in [-0.05, 0) is 23.6 Å². The minimum atomic E-state index is -0.0138. The van der Waals surface area contributed by atoms with Crippen LogP contribution in [0.3, 0.4) is 0 Å². The highest BCUT2D eigenvalue weighted by molar-refractivity contribution is 5.96. The first-order valence-electron chi connectivity index (χ1n) is 6.36. The zero-order chi connectivity index (χ0) is 13.2. The highest BCUT2D eigenvalue weighted by atomic mass is 16.1. The molecule has 0 unspecified atom stereocenters. The number of benzene rings is 1. The summed E-state index contributed by atoms with van der Waals surface area (Å²) in [7, 11) is 0. The maximum absolute atomic E-state index is 12.0. The van der Waals surface area contributed by atoms with Gasteiger partial charge in [0, 0.05) is 25.2 Å². The van der Waals surface area contributed by atoms with Gasteiger partial charge < -0.3 is 16.0 Å². The molecule has 2 rings (SSSR count). The van der Waals surface area contributed by atoms with Crippen LogP contribution in [-0.4, -0.2) is 25.5 Å². The Morgan fingerprint density at radius 1 is 1.22 bits per heavy atom. The van der Waals surface area contributed by atoms with Crippen molar-refractivity contribution in [3.8, 4) is 0 Å². The molecule has 0 aliphatic carbocycles. The van der Waals surface area contributed by atoms with E-state index in [4.69, 9.17) is 0 Å². The number of fused-ring (bicyclic) bond motifs is 1. The van der Waals surface area contributed by atoms with E-state index in [-0.39, 0.29) is 11.3 Å². The monoisotopic (exact) mass is 247 g/mol. The Kier molecular flexibility index (Phi) is 3.45. The van der Waals surface area contributed by atoms with Gasteiger partial charge in [-0.2, -0.15) is 0 Å². The molecular formula is C14H21N3O. The average Bonchev–Trinajstić information content (AvgIpc) is 2.34. The summed E-state index contributed by atoms with van der Waals surface area (Å²) in [5.74, 6) is -0.0138. The summed E-state index contributed by atoms with van der Waals surface area (Å²) < 4.78 is 0. The zero-order valence-electron chi connectivity index (χ0n) is 11.3. The van der Waals surface area contributed by atoms with Crippen LogP contribution in [0.2, 0.25) is 0 Å². The standard InChI is InChI=1S/C14H21N3O/c1-14(2,3)9-17-13(18)10-4-5-11-12(8-10)16-7-6-15-11/h4-5,8,15-16H,6-7,9H2,1-3H3,(H,17,18). The predicted octanol–water partition coefficient (Wildman–Crippen LogP) is 2.30. The Bertz CT molecular complexity index is 449. The van der Waals surface area contributed by atoms with Crippen molar-refractivity contribution in [2.24, 2.45) is 5.41 Å². The van der Waals surface area contributed by atoms with Crippen molar-refractivity contribution in [2.45, 2.75) is 20.8 Å². The summed E-state index contributed by atoms with van der Waals surface area (Å²) in [6.45, 7) is 8.79. The van der Waals surface area contributed by atoms with Crippen LogP contribution < -0.4 is 16.0 Å². The normalized spacial score (nSPS) is 14.2. The number of carbonyl (C=O) groups is 1. The third-order valence-corrected chi connectivity index (χ3v) is 2.82. The van der Waals surface area contributed by atoms with Crippen LogP contribution in [0.1, 0.15) is 31.1 Å². The van der Waals surface area contributed by atoms with E-state index in [2.05, 4.69) is 36.7 Å². The van der Waals surface area contributed by atoms with Crippen molar-refractivity contribution >= 4 is 17.3 Å². The molecule has 3 N–H and O–H groups in total. The lowest BCUT2D eigenvalue weighted by molar-refractivity contribution is 0.0939. The lowest BCUT2D eigenvalue weighted by Gasteiger charge is -2.21. The van der Waals surface area contributed by atoms with Crippen LogP contribution in [0.5, 0.6) is 0 Å². The first-order chi connectivity index (χ1) is 8.46. The highest BCUT2D eigenvalue weighted by Crippen LogP contribution is 2.25. The summed E-state index contributed by atoms with van der Waals surface area (Å²) in [6, 6.07) is 5.71. The third-order valence-electron chi connectivity index (χ3n) is 2.82. The van der Waals surface area contributed by atoms with Gasteiger partial charge in [-0.25, -0.2) is 0 Å². The number of hydrogen-bond acceptors (Lipinski definition) is 3. The number of amides is 1. The molecule has 1 aliphatic heterocycles. The van der Waals surface area contributed by atoms with E-state index < -0.39 is 0 Å². The van der Waals surface area contributed by atoms with E-state index in [1.54, 1.807) is 0 Å². The fourth-order valence-corrected chi connectivity index (χ4v) is 1.83. The molecule has 1 heterocycles. The van der Waals surface area contributed by atoms with E-state index in [0.29, 0.717) is 12.1 Å². The first kappa shape index (κ1) is 12.7. The van der Waals surface area contributed by atoms with E-state index in [1.165, 1.54) is 0 Å². The summed E-state index contributed by atoms with van der Waals surface area (Å²) in [5, 5.41) is 9.54. The third kappa shape index (κ3) is 3.15. The quantitative estimate of drug-likeness (QED) is 0.751. The number of carbonyl (C=O) groups excluding carboxylic acids is 1. The van der Waals surface area contributed by atoms with Crippen LogP contribution in [-0.2, 0) is 0 Å². The molecule has 1 aromatic carbocycles.